The van der Waals surface area contributed by atoms with E-state index in [0.717, 1.165) is 5.56 Å². The van der Waals surface area contributed by atoms with Crippen LogP contribution < -0.4 is 5.32 Å². The van der Waals surface area contributed by atoms with E-state index in [2.05, 4.69) is 15.4 Å². The molecule has 0 fully saturated rings. The number of aryl methyl sites for hydroxylation is 1. The topological polar surface area (TPSA) is 83.6 Å². The van der Waals surface area contributed by atoms with Gasteiger partial charge in [0.2, 0.25) is 5.91 Å². The van der Waals surface area contributed by atoms with Gasteiger partial charge >= 0.3 is 0 Å². The highest BCUT2D eigenvalue weighted by molar-refractivity contribution is 5.78. The Kier molecular flexibility index (Phi) is 3.88. The first-order chi connectivity index (χ1) is 9.17. The van der Waals surface area contributed by atoms with Crippen molar-refractivity contribution in [1.29, 1.82) is 5.26 Å². The minimum absolute atomic E-state index is 0.0999. The molecule has 2 rings (SSSR count). The van der Waals surface area contributed by atoms with Gasteiger partial charge in [-0.1, -0.05) is 12.1 Å². The Morgan fingerprint density at radius 1 is 1.42 bits per heavy atom. The third kappa shape index (κ3) is 3.64. The van der Waals surface area contributed by atoms with E-state index in [1.54, 1.807) is 42.3 Å². The summed E-state index contributed by atoms with van der Waals surface area (Å²) in [5, 5.41) is 15.5. The number of hydrogen-bond acceptors (Lipinski definition) is 4. The zero-order chi connectivity index (χ0) is 13.7. The molecular formula is C13H13N5O. The summed E-state index contributed by atoms with van der Waals surface area (Å²) in [6.45, 7) is 0.315. The summed E-state index contributed by atoms with van der Waals surface area (Å²) in [5.41, 5.74) is 1.45. The highest BCUT2D eigenvalue weighted by Gasteiger charge is 2.05. The molecule has 6 nitrogen and oxygen atoms in total. The summed E-state index contributed by atoms with van der Waals surface area (Å²) in [7, 11) is 1.77. The maximum absolute atomic E-state index is 11.7. The molecule has 0 aliphatic heterocycles. The molecule has 0 atom stereocenters. The second-order valence-corrected chi connectivity index (χ2v) is 4.10. The Bertz CT molecular complexity index is 609. The molecule has 96 valence electrons. The van der Waals surface area contributed by atoms with E-state index in [1.807, 2.05) is 6.07 Å². The molecular weight excluding hydrogens is 242 g/mol. The number of nitrogens with zero attached hydrogens (tertiary/aromatic N) is 4. The van der Waals surface area contributed by atoms with Crippen LogP contribution in [0.15, 0.2) is 30.6 Å². The Labute approximate surface area is 110 Å². The normalized spacial score (nSPS) is 9.89. The molecule has 6 heteroatoms. The van der Waals surface area contributed by atoms with Crippen LogP contribution in [-0.2, 0) is 24.8 Å². The molecule has 0 radical (unpaired) electrons. The maximum atomic E-state index is 11.7. The van der Waals surface area contributed by atoms with Gasteiger partial charge in [-0.05, 0) is 17.7 Å². The molecule has 1 heterocycles. The van der Waals surface area contributed by atoms with E-state index >= 15 is 0 Å². The van der Waals surface area contributed by atoms with Gasteiger partial charge in [-0.3, -0.25) is 9.48 Å². The number of rotatable bonds is 4. The lowest BCUT2D eigenvalue weighted by molar-refractivity contribution is -0.120. The number of amides is 1. The molecule has 2 aromatic rings. The van der Waals surface area contributed by atoms with Crippen molar-refractivity contribution < 1.29 is 4.79 Å². The van der Waals surface area contributed by atoms with Crippen LogP contribution in [0.3, 0.4) is 0 Å². The third-order valence-electron chi connectivity index (χ3n) is 2.54. The molecule has 1 aromatic carbocycles. The summed E-state index contributed by atoms with van der Waals surface area (Å²) < 4.78 is 1.59. The van der Waals surface area contributed by atoms with Crippen LogP contribution in [0.5, 0.6) is 0 Å². The first kappa shape index (κ1) is 12.8. The largest absolute Gasteiger partial charge is 0.348 e. The molecule has 0 saturated carbocycles. The molecule has 1 N–H and O–H groups in total. The van der Waals surface area contributed by atoms with Crippen molar-refractivity contribution in [2.45, 2.75) is 13.0 Å². The zero-order valence-electron chi connectivity index (χ0n) is 10.5. The predicted octanol–water partition coefficient (Wildman–Crippen LogP) is 0.546. The van der Waals surface area contributed by atoms with Crippen LogP contribution in [0.2, 0.25) is 0 Å². The number of nitrogens with one attached hydrogen (secondary N) is 1. The number of nitriles is 1. The predicted molar refractivity (Wildman–Crippen MR) is 67.7 cm³/mol. The van der Waals surface area contributed by atoms with Crippen LogP contribution in [0, 0.1) is 11.3 Å². The average molecular weight is 255 g/mol. The van der Waals surface area contributed by atoms with Crippen molar-refractivity contribution in [3.05, 3.63) is 47.5 Å². The molecule has 19 heavy (non-hydrogen) atoms. The van der Waals surface area contributed by atoms with Gasteiger partial charge in [-0.2, -0.15) is 10.4 Å². The van der Waals surface area contributed by atoms with Crippen LogP contribution in [0.1, 0.15) is 17.0 Å². The summed E-state index contributed by atoms with van der Waals surface area (Å²) in [4.78, 5) is 15.7. The first-order valence-electron chi connectivity index (χ1n) is 5.77. The number of carbonyl (C=O) groups excluding carboxylic acids is 1. The van der Waals surface area contributed by atoms with Crippen molar-refractivity contribution in [2.75, 3.05) is 0 Å². The molecule has 0 saturated heterocycles. The number of carbonyl (C=O) groups is 1. The fraction of sp³-hybridized carbons (Fsp3) is 0.231. The lowest BCUT2D eigenvalue weighted by Gasteiger charge is -2.03. The van der Waals surface area contributed by atoms with Crippen LogP contribution in [0.4, 0.5) is 0 Å². The Morgan fingerprint density at radius 2 is 2.16 bits per heavy atom. The molecule has 1 aromatic heterocycles. The quantitative estimate of drug-likeness (QED) is 0.864. The van der Waals surface area contributed by atoms with Gasteiger partial charge in [0.1, 0.15) is 6.33 Å². The van der Waals surface area contributed by atoms with Crippen molar-refractivity contribution >= 4 is 5.91 Å². The summed E-state index contributed by atoms with van der Waals surface area (Å²) >= 11 is 0. The third-order valence-corrected chi connectivity index (χ3v) is 2.54. The van der Waals surface area contributed by atoms with Gasteiger partial charge in [-0.15, -0.1) is 0 Å². The lowest BCUT2D eigenvalue weighted by atomic mass is 10.1. The standard InChI is InChI=1S/C13H13N5O/c1-18-9-16-12(17-18)8-15-13(19)6-10-2-4-11(7-14)5-3-10/h2-5,9H,6,8H2,1H3,(H,15,19). The smallest absolute Gasteiger partial charge is 0.224 e. The minimum atomic E-state index is -0.0999. The van der Waals surface area contributed by atoms with E-state index < -0.39 is 0 Å². The second-order valence-electron chi connectivity index (χ2n) is 4.10. The van der Waals surface area contributed by atoms with Crippen LogP contribution in [-0.4, -0.2) is 20.7 Å². The second kappa shape index (κ2) is 5.78. The van der Waals surface area contributed by atoms with E-state index in [4.69, 9.17) is 5.26 Å². The fourth-order valence-corrected chi connectivity index (χ4v) is 1.59. The highest BCUT2D eigenvalue weighted by atomic mass is 16.1. The number of aromatic nitrogens is 3. The number of hydrogen-bond donors (Lipinski definition) is 1. The van der Waals surface area contributed by atoms with Crippen LogP contribution in [0.25, 0.3) is 0 Å². The highest BCUT2D eigenvalue weighted by Crippen LogP contribution is 2.04. The number of benzene rings is 1. The van der Waals surface area contributed by atoms with Gasteiger partial charge < -0.3 is 5.32 Å². The zero-order valence-corrected chi connectivity index (χ0v) is 10.5. The molecule has 0 aliphatic carbocycles. The average Bonchev–Trinajstić information content (AvgIpc) is 2.83. The van der Waals surface area contributed by atoms with E-state index in [1.165, 1.54) is 0 Å². The monoisotopic (exact) mass is 255 g/mol. The summed E-state index contributed by atoms with van der Waals surface area (Å²) in [5.74, 6) is 0.479. The van der Waals surface area contributed by atoms with Gasteiger partial charge in [0, 0.05) is 7.05 Å². The Hall–Kier alpha value is -2.68. The molecule has 1 amide bonds. The molecule has 0 bridgehead atoms. The Balaban J connectivity index is 1.85. The van der Waals surface area contributed by atoms with Crippen molar-refractivity contribution in [3.8, 4) is 6.07 Å². The lowest BCUT2D eigenvalue weighted by Crippen LogP contribution is -2.25. The molecule has 0 spiro atoms. The van der Waals surface area contributed by atoms with Crippen molar-refractivity contribution in [1.82, 2.24) is 20.1 Å². The van der Waals surface area contributed by atoms with Crippen LogP contribution >= 0.6 is 0 Å². The van der Waals surface area contributed by atoms with Crippen molar-refractivity contribution in [3.63, 3.8) is 0 Å². The van der Waals surface area contributed by atoms with Gasteiger partial charge in [-0.25, -0.2) is 4.98 Å². The van der Waals surface area contributed by atoms with E-state index in [-0.39, 0.29) is 12.3 Å². The van der Waals surface area contributed by atoms with Gasteiger partial charge in [0.25, 0.3) is 0 Å². The van der Waals surface area contributed by atoms with E-state index in [9.17, 15) is 4.79 Å². The van der Waals surface area contributed by atoms with Gasteiger partial charge in [0.05, 0.1) is 24.6 Å². The van der Waals surface area contributed by atoms with E-state index in [0.29, 0.717) is 17.9 Å². The first-order valence-corrected chi connectivity index (χ1v) is 5.77. The van der Waals surface area contributed by atoms with Gasteiger partial charge in [0.15, 0.2) is 5.82 Å². The maximum Gasteiger partial charge on any atom is 0.224 e. The summed E-state index contributed by atoms with van der Waals surface area (Å²) in [6.07, 6.45) is 1.86. The molecule has 0 unspecified atom stereocenters. The minimum Gasteiger partial charge on any atom is -0.348 e. The van der Waals surface area contributed by atoms with Crippen molar-refractivity contribution in [2.24, 2.45) is 7.05 Å². The fourth-order valence-electron chi connectivity index (χ4n) is 1.59. The summed E-state index contributed by atoms with van der Waals surface area (Å²) in [6, 6.07) is 8.98. The SMILES string of the molecule is Cn1cnc(CNC(=O)Cc2ccc(C#N)cc2)n1. The molecule has 0 aliphatic rings. The Morgan fingerprint density at radius 3 is 2.74 bits per heavy atom.